The normalized spacial score (nSPS) is 18.1. The lowest BCUT2D eigenvalue weighted by Gasteiger charge is -2.25. The van der Waals surface area contributed by atoms with Gasteiger partial charge in [-0.15, -0.1) is 0 Å². The molecule has 2 rings (SSSR count). The maximum atomic E-state index is 12.0. The lowest BCUT2D eigenvalue weighted by atomic mass is 10.0. The van der Waals surface area contributed by atoms with Gasteiger partial charge in [-0.3, -0.25) is 14.9 Å². The fourth-order valence-electron chi connectivity index (χ4n) is 2.38. The predicted octanol–water partition coefficient (Wildman–Crippen LogP) is 1.88. The molecule has 114 valence electrons. The van der Waals surface area contributed by atoms with Crippen molar-refractivity contribution < 1.29 is 9.72 Å². The maximum absolute atomic E-state index is 12.0. The number of nitro benzene ring substituents is 1. The summed E-state index contributed by atoms with van der Waals surface area (Å²) >= 11 is 3.21. The number of amides is 1. The second kappa shape index (κ2) is 6.86. The lowest BCUT2D eigenvalue weighted by molar-refractivity contribution is -0.384. The van der Waals surface area contributed by atoms with E-state index in [9.17, 15) is 14.9 Å². The molecule has 1 aliphatic rings. The van der Waals surface area contributed by atoms with Crippen LogP contribution in [-0.2, 0) is 0 Å². The topological polar surface area (TPSA) is 96.3 Å². The van der Waals surface area contributed by atoms with Crippen molar-refractivity contribution >= 4 is 33.2 Å². The number of nitrogens with zero attached hydrogens (tertiary/aromatic N) is 1. The van der Waals surface area contributed by atoms with Crippen molar-refractivity contribution in [1.29, 1.82) is 0 Å². The smallest absolute Gasteiger partial charge is 0.294 e. The van der Waals surface area contributed by atoms with Gasteiger partial charge in [0.25, 0.3) is 11.6 Å². The van der Waals surface area contributed by atoms with E-state index in [0.29, 0.717) is 4.47 Å². The Hall–Kier alpha value is -1.67. The van der Waals surface area contributed by atoms with Crippen LogP contribution in [0.15, 0.2) is 16.6 Å². The molecule has 0 saturated carbocycles. The van der Waals surface area contributed by atoms with Crippen molar-refractivity contribution in [2.24, 2.45) is 0 Å². The van der Waals surface area contributed by atoms with E-state index in [1.165, 1.54) is 13.1 Å². The van der Waals surface area contributed by atoms with Gasteiger partial charge < -0.3 is 16.0 Å². The molecular formula is C13H17BrN4O3. The number of nitro groups is 1. The molecular weight excluding hydrogens is 340 g/mol. The number of halogens is 1. The summed E-state index contributed by atoms with van der Waals surface area (Å²) < 4.78 is 0.500. The first-order valence-corrected chi connectivity index (χ1v) is 7.49. The number of piperidine rings is 1. The van der Waals surface area contributed by atoms with Crippen LogP contribution in [-0.4, -0.2) is 37.0 Å². The van der Waals surface area contributed by atoms with Crippen LogP contribution in [0.5, 0.6) is 0 Å². The molecule has 1 heterocycles. The van der Waals surface area contributed by atoms with Crippen molar-refractivity contribution in [1.82, 2.24) is 10.6 Å². The lowest BCUT2D eigenvalue weighted by Crippen LogP contribution is -2.39. The van der Waals surface area contributed by atoms with Gasteiger partial charge in [0, 0.05) is 30.2 Å². The Kier molecular flexibility index (Phi) is 5.13. The maximum Gasteiger partial charge on any atom is 0.294 e. The summed E-state index contributed by atoms with van der Waals surface area (Å²) in [6, 6.07) is 3.07. The first-order chi connectivity index (χ1) is 10.0. The zero-order chi connectivity index (χ0) is 15.4. The first kappa shape index (κ1) is 15.7. The third kappa shape index (κ3) is 3.70. The molecule has 3 N–H and O–H groups in total. The minimum Gasteiger partial charge on any atom is -0.375 e. The van der Waals surface area contributed by atoms with Crippen molar-refractivity contribution in [3.8, 4) is 0 Å². The summed E-state index contributed by atoms with van der Waals surface area (Å²) in [5, 5.41) is 20.2. The van der Waals surface area contributed by atoms with E-state index in [4.69, 9.17) is 0 Å². The molecule has 1 fully saturated rings. The molecule has 1 amide bonds. The van der Waals surface area contributed by atoms with Crippen molar-refractivity contribution in [3.63, 3.8) is 0 Å². The van der Waals surface area contributed by atoms with Crippen LogP contribution in [0.4, 0.5) is 11.4 Å². The molecule has 21 heavy (non-hydrogen) atoms. The van der Waals surface area contributed by atoms with E-state index in [0.717, 1.165) is 25.9 Å². The van der Waals surface area contributed by atoms with Crippen LogP contribution in [0, 0.1) is 10.1 Å². The summed E-state index contributed by atoms with van der Waals surface area (Å²) in [6.45, 7) is 1.67. The molecule has 8 heteroatoms. The van der Waals surface area contributed by atoms with Gasteiger partial charge in [0.15, 0.2) is 0 Å². The van der Waals surface area contributed by atoms with Crippen LogP contribution >= 0.6 is 15.9 Å². The molecule has 7 nitrogen and oxygen atoms in total. The van der Waals surface area contributed by atoms with Gasteiger partial charge >= 0.3 is 0 Å². The van der Waals surface area contributed by atoms with E-state index in [1.54, 1.807) is 6.07 Å². The minimum atomic E-state index is -0.476. The number of hydrogen-bond donors (Lipinski definition) is 3. The SMILES string of the molecule is CNC(=O)c1cc(Br)cc([N+](=O)[O-])c1NC1CCCNC1. The first-order valence-electron chi connectivity index (χ1n) is 6.70. The zero-order valence-corrected chi connectivity index (χ0v) is 13.2. The van der Waals surface area contributed by atoms with Gasteiger partial charge in [0.1, 0.15) is 5.69 Å². The highest BCUT2D eigenvalue weighted by Gasteiger charge is 2.25. The Morgan fingerprint density at radius 2 is 2.29 bits per heavy atom. The molecule has 0 aliphatic carbocycles. The fraction of sp³-hybridized carbons (Fsp3) is 0.462. The van der Waals surface area contributed by atoms with Gasteiger partial charge in [-0.05, 0) is 25.5 Å². The highest BCUT2D eigenvalue weighted by molar-refractivity contribution is 9.10. The largest absolute Gasteiger partial charge is 0.375 e. The van der Waals surface area contributed by atoms with E-state index >= 15 is 0 Å². The third-order valence-corrected chi connectivity index (χ3v) is 3.85. The number of carbonyl (C=O) groups is 1. The Morgan fingerprint density at radius 3 is 2.86 bits per heavy atom. The van der Waals surface area contributed by atoms with Gasteiger partial charge in [-0.2, -0.15) is 0 Å². The monoisotopic (exact) mass is 356 g/mol. The molecule has 1 aliphatic heterocycles. The van der Waals surface area contributed by atoms with Crippen LogP contribution in [0.2, 0.25) is 0 Å². The minimum absolute atomic E-state index is 0.0713. The molecule has 0 aromatic heterocycles. The summed E-state index contributed by atoms with van der Waals surface area (Å²) in [7, 11) is 1.50. The molecule has 1 unspecified atom stereocenters. The highest BCUT2D eigenvalue weighted by atomic mass is 79.9. The van der Waals surface area contributed by atoms with Crippen molar-refractivity contribution in [3.05, 3.63) is 32.3 Å². The molecule has 0 spiro atoms. The fourth-order valence-corrected chi connectivity index (χ4v) is 2.83. The van der Waals surface area contributed by atoms with Crippen LogP contribution in [0.1, 0.15) is 23.2 Å². The van der Waals surface area contributed by atoms with Gasteiger partial charge in [0.05, 0.1) is 10.5 Å². The van der Waals surface area contributed by atoms with Crippen LogP contribution < -0.4 is 16.0 Å². The van der Waals surface area contributed by atoms with Gasteiger partial charge in [0.2, 0.25) is 0 Å². The van der Waals surface area contributed by atoms with E-state index in [-0.39, 0.29) is 28.9 Å². The second-order valence-electron chi connectivity index (χ2n) is 4.87. The van der Waals surface area contributed by atoms with E-state index in [2.05, 4.69) is 31.9 Å². The molecule has 0 bridgehead atoms. The average Bonchev–Trinajstić information content (AvgIpc) is 2.48. The van der Waals surface area contributed by atoms with E-state index < -0.39 is 4.92 Å². The molecule has 1 aromatic carbocycles. The third-order valence-electron chi connectivity index (χ3n) is 3.40. The van der Waals surface area contributed by atoms with Gasteiger partial charge in [-0.1, -0.05) is 15.9 Å². The van der Waals surface area contributed by atoms with Crippen LogP contribution in [0.3, 0.4) is 0 Å². The van der Waals surface area contributed by atoms with E-state index in [1.807, 2.05) is 0 Å². The van der Waals surface area contributed by atoms with Crippen molar-refractivity contribution in [2.75, 3.05) is 25.5 Å². The molecule has 1 aromatic rings. The summed E-state index contributed by atoms with van der Waals surface area (Å²) in [6.07, 6.45) is 1.91. The number of carbonyl (C=O) groups excluding carboxylic acids is 1. The molecule has 1 saturated heterocycles. The standard InChI is InChI=1S/C13H17BrN4O3/c1-15-13(19)10-5-8(14)6-11(18(20)21)12(10)17-9-3-2-4-16-7-9/h5-6,9,16-17H,2-4,7H2,1H3,(H,15,19). The summed E-state index contributed by atoms with van der Waals surface area (Å²) in [5.74, 6) is -0.356. The average molecular weight is 357 g/mol. The molecule has 1 atom stereocenters. The number of nitrogens with one attached hydrogen (secondary N) is 3. The van der Waals surface area contributed by atoms with Gasteiger partial charge in [-0.25, -0.2) is 0 Å². The van der Waals surface area contributed by atoms with Crippen LogP contribution in [0.25, 0.3) is 0 Å². The Bertz CT molecular complexity index is 559. The van der Waals surface area contributed by atoms with Crippen molar-refractivity contribution in [2.45, 2.75) is 18.9 Å². The quantitative estimate of drug-likeness (QED) is 0.565. The number of benzene rings is 1. The Labute approximate surface area is 130 Å². The molecule has 0 radical (unpaired) electrons. The second-order valence-corrected chi connectivity index (χ2v) is 5.79. The highest BCUT2D eigenvalue weighted by Crippen LogP contribution is 2.33. The Morgan fingerprint density at radius 1 is 1.52 bits per heavy atom. The number of anilines is 1. The number of hydrogen-bond acceptors (Lipinski definition) is 5. The zero-order valence-electron chi connectivity index (χ0n) is 11.6. The summed E-state index contributed by atoms with van der Waals surface area (Å²) in [4.78, 5) is 22.8. The Balaban J connectivity index is 2.43. The predicted molar refractivity (Wildman–Crippen MR) is 83.7 cm³/mol. The summed E-state index contributed by atoms with van der Waals surface area (Å²) in [5.41, 5.74) is 0.439. The number of rotatable bonds is 4.